The van der Waals surface area contributed by atoms with Gasteiger partial charge in [0.25, 0.3) is 0 Å². The molecule has 0 aliphatic carbocycles. The van der Waals surface area contributed by atoms with Gasteiger partial charge in [-0.15, -0.1) is 0 Å². The lowest BCUT2D eigenvalue weighted by molar-refractivity contribution is 0.170. The molecule has 0 aromatic heterocycles. The third-order valence-corrected chi connectivity index (χ3v) is 2.51. The van der Waals surface area contributed by atoms with Crippen molar-refractivity contribution in [2.45, 2.75) is 20.0 Å². The molecule has 0 aliphatic rings. The number of benzene rings is 1. The van der Waals surface area contributed by atoms with Gasteiger partial charge in [0.05, 0.1) is 19.8 Å². The molecule has 0 spiro atoms. The highest BCUT2D eigenvalue weighted by Gasteiger charge is 2.10. The smallest absolute Gasteiger partial charge is 0.161 e. The molecule has 0 radical (unpaired) electrons. The zero-order chi connectivity index (χ0) is 12.8. The first-order chi connectivity index (χ1) is 8.08. The number of rotatable bonds is 6. The molecule has 0 aliphatic heterocycles. The number of ether oxygens (including phenoxy) is 2. The van der Waals surface area contributed by atoms with Gasteiger partial charge < -0.3 is 19.7 Å². The fraction of sp³-hybridized carbons (Fsp3) is 0.538. The molecule has 1 aromatic rings. The highest BCUT2D eigenvalue weighted by Crippen LogP contribution is 2.30. The Morgan fingerprint density at radius 1 is 1.24 bits per heavy atom. The van der Waals surface area contributed by atoms with Crippen LogP contribution in [0.25, 0.3) is 0 Å². The van der Waals surface area contributed by atoms with Crippen molar-refractivity contribution < 1.29 is 19.7 Å². The maximum Gasteiger partial charge on any atom is 0.161 e. The SMILES string of the molecule is COc1cc([C@@H](C)O)ccc1OCC(C)CO. The standard InChI is InChI=1S/C13H20O4/c1-9(7-14)8-17-12-5-4-11(10(2)15)6-13(12)16-3/h4-6,9-10,14-15H,7-8H2,1-3H3/t9?,10-/m1/s1. The van der Waals surface area contributed by atoms with E-state index in [1.165, 1.54) is 0 Å². The maximum atomic E-state index is 9.46. The van der Waals surface area contributed by atoms with Crippen molar-refractivity contribution in [3.05, 3.63) is 23.8 Å². The van der Waals surface area contributed by atoms with Crippen molar-refractivity contribution in [1.29, 1.82) is 0 Å². The van der Waals surface area contributed by atoms with Crippen LogP contribution in [0.3, 0.4) is 0 Å². The summed E-state index contributed by atoms with van der Waals surface area (Å²) in [5.41, 5.74) is 0.782. The summed E-state index contributed by atoms with van der Waals surface area (Å²) in [4.78, 5) is 0. The molecule has 4 heteroatoms. The molecule has 0 fully saturated rings. The van der Waals surface area contributed by atoms with E-state index in [1.54, 1.807) is 32.2 Å². The Hall–Kier alpha value is -1.26. The molecule has 0 bridgehead atoms. The second-order valence-corrected chi connectivity index (χ2v) is 4.19. The van der Waals surface area contributed by atoms with Crippen molar-refractivity contribution in [3.63, 3.8) is 0 Å². The van der Waals surface area contributed by atoms with Gasteiger partial charge in [0, 0.05) is 12.5 Å². The third kappa shape index (κ3) is 3.91. The Morgan fingerprint density at radius 2 is 1.94 bits per heavy atom. The van der Waals surface area contributed by atoms with Crippen LogP contribution in [0.5, 0.6) is 11.5 Å². The number of aliphatic hydroxyl groups is 2. The topological polar surface area (TPSA) is 58.9 Å². The summed E-state index contributed by atoms with van der Waals surface area (Å²) in [6, 6.07) is 5.32. The molecule has 2 N–H and O–H groups in total. The normalized spacial score (nSPS) is 14.2. The summed E-state index contributed by atoms with van der Waals surface area (Å²) < 4.78 is 10.8. The molecule has 96 valence electrons. The minimum absolute atomic E-state index is 0.0798. The first kappa shape index (κ1) is 13.8. The minimum atomic E-state index is -0.533. The van der Waals surface area contributed by atoms with Gasteiger partial charge in [0.1, 0.15) is 0 Å². The average Bonchev–Trinajstić information content (AvgIpc) is 2.35. The van der Waals surface area contributed by atoms with Crippen LogP contribution in [0.15, 0.2) is 18.2 Å². The molecule has 1 rings (SSSR count). The summed E-state index contributed by atoms with van der Waals surface area (Å²) in [6.45, 7) is 4.12. The number of hydrogen-bond donors (Lipinski definition) is 2. The molecule has 4 nitrogen and oxygen atoms in total. The van der Waals surface area contributed by atoms with E-state index in [0.717, 1.165) is 5.56 Å². The molecule has 1 aromatic carbocycles. The van der Waals surface area contributed by atoms with Crippen molar-refractivity contribution in [1.82, 2.24) is 0 Å². The zero-order valence-electron chi connectivity index (χ0n) is 10.5. The van der Waals surface area contributed by atoms with E-state index in [4.69, 9.17) is 14.6 Å². The van der Waals surface area contributed by atoms with Gasteiger partial charge in [-0.25, -0.2) is 0 Å². The highest BCUT2D eigenvalue weighted by molar-refractivity contribution is 5.43. The number of hydrogen-bond acceptors (Lipinski definition) is 4. The highest BCUT2D eigenvalue weighted by atomic mass is 16.5. The second kappa shape index (κ2) is 6.47. The largest absolute Gasteiger partial charge is 0.493 e. The van der Waals surface area contributed by atoms with Gasteiger partial charge in [0.15, 0.2) is 11.5 Å². The Bertz CT molecular complexity index is 349. The first-order valence-corrected chi connectivity index (χ1v) is 5.68. The Kier molecular flexibility index (Phi) is 5.25. The molecular weight excluding hydrogens is 220 g/mol. The van der Waals surface area contributed by atoms with Crippen LogP contribution in [0, 0.1) is 5.92 Å². The summed E-state index contributed by atoms with van der Waals surface area (Å²) in [6.07, 6.45) is -0.533. The lowest BCUT2D eigenvalue weighted by Gasteiger charge is -2.15. The fourth-order valence-electron chi connectivity index (χ4n) is 1.35. The molecule has 17 heavy (non-hydrogen) atoms. The van der Waals surface area contributed by atoms with Crippen LogP contribution in [0.2, 0.25) is 0 Å². The minimum Gasteiger partial charge on any atom is -0.493 e. The van der Waals surface area contributed by atoms with Crippen LogP contribution in [0.1, 0.15) is 25.5 Å². The Labute approximate surface area is 102 Å². The maximum absolute atomic E-state index is 9.46. The van der Waals surface area contributed by atoms with E-state index in [-0.39, 0.29) is 12.5 Å². The molecule has 0 amide bonds. The lowest BCUT2D eigenvalue weighted by Crippen LogP contribution is -2.12. The first-order valence-electron chi connectivity index (χ1n) is 5.68. The summed E-state index contributed by atoms with van der Waals surface area (Å²) in [5.74, 6) is 1.29. The average molecular weight is 240 g/mol. The van der Waals surface area contributed by atoms with E-state index in [0.29, 0.717) is 18.1 Å². The molecule has 0 heterocycles. The van der Waals surface area contributed by atoms with Crippen molar-refractivity contribution in [2.24, 2.45) is 5.92 Å². The van der Waals surface area contributed by atoms with Gasteiger partial charge in [-0.05, 0) is 24.6 Å². The molecule has 2 atom stereocenters. The lowest BCUT2D eigenvalue weighted by atomic mass is 10.1. The number of aliphatic hydroxyl groups excluding tert-OH is 2. The molecular formula is C13H20O4. The van der Waals surface area contributed by atoms with Crippen LogP contribution >= 0.6 is 0 Å². The van der Waals surface area contributed by atoms with Gasteiger partial charge >= 0.3 is 0 Å². The van der Waals surface area contributed by atoms with Gasteiger partial charge in [0.2, 0.25) is 0 Å². The number of methoxy groups -OCH3 is 1. The van der Waals surface area contributed by atoms with E-state index in [2.05, 4.69) is 0 Å². The quantitative estimate of drug-likeness (QED) is 0.795. The predicted molar refractivity (Wildman–Crippen MR) is 65.4 cm³/mol. The van der Waals surface area contributed by atoms with Crippen molar-refractivity contribution in [2.75, 3.05) is 20.3 Å². The Balaban J connectivity index is 2.78. The summed E-state index contributed by atoms with van der Waals surface area (Å²) >= 11 is 0. The fourth-order valence-corrected chi connectivity index (χ4v) is 1.35. The Morgan fingerprint density at radius 3 is 2.47 bits per heavy atom. The van der Waals surface area contributed by atoms with Gasteiger partial charge in [-0.1, -0.05) is 13.0 Å². The van der Waals surface area contributed by atoms with Crippen molar-refractivity contribution in [3.8, 4) is 11.5 Å². The van der Waals surface area contributed by atoms with Gasteiger partial charge in [-0.3, -0.25) is 0 Å². The van der Waals surface area contributed by atoms with Crippen LogP contribution < -0.4 is 9.47 Å². The van der Waals surface area contributed by atoms with Gasteiger partial charge in [-0.2, -0.15) is 0 Å². The van der Waals surface area contributed by atoms with E-state index >= 15 is 0 Å². The van der Waals surface area contributed by atoms with Crippen LogP contribution in [-0.2, 0) is 0 Å². The second-order valence-electron chi connectivity index (χ2n) is 4.19. The third-order valence-electron chi connectivity index (χ3n) is 2.51. The summed E-state index contributed by atoms with van der Waals surface area (Å²) in [7, 11) is 1.56. The van der Waals surface area contributed by atoms with E-state index < -0.39 is 6.10 Å². The van der Waals surface area contributed by atoms with E-state index in [9.17, 15) is 5.11 Å². The molecule has 0 saturated heterocycles. The van der Waals surface area contributed by atoms with Crippen LogP contribution in [-0.4, -0.2) is 30.5 Å². The van der Waals surface area contributed by atoms with Crippen molar-refractivity contribution >= 4 is 0 Å². The zero-order valence-corrected chi connectivity index (χ0v) is 10.5. The molecule has 0 saturated carbocycles. The predicted octanol–water partition coefficient (Wildman–Crippen LogP) is 1.76. The van der Waals surface area contributed by atoms with Crippen LogP contribution in [0.4, 0.5) is 0 Å². The summed E-state index contributed by atoms with van der Waals surface area (Å²) in [5, 5.41) is 18.4. The van der Waals surface area contributed by atoms with E-state index in [1.807, 2.05) is 6.92 Å². The molecule has 1 unspecified atom stereocenters. The monoisotopic (exact) mass is 240 g/mol.